The minimum absolute atomic E-state index is 0.118. The molecule has 1 amide bonds. The molecule has 0 fully saturated rings. The number of nitrogens with one attached hydrogen (secondary N) is 1. The van der Waals surface area contributed by atoms with E-state index in [4.69, 9.17) is 4.42 Å². The van der Waals surface area contributed by atoms with Crippen LogP contribution in [0.3, 0.4) is 0 Å². The second-order valence-corrected chi connectivity index (χ2v) is 6.34. The van der Waals surface area contributed by atoms with Crippen molar-refractivity contribution in [1.29, 1.82) is 0 Å². The Hall–Kier alpha value is -2.95. The molecule has 1 N–H and O–H groups in total. The number of benzene rings is 1. The van der Waals surface area contributed by atoms with Crippen molar-refractivity contribution in [3.8, 4) is 11.3 Å². The fourth-order valence-electron chi connectivity index (χ4n) is 2.74. The van der Waals surface area contributed by atoms with Crippen LogP contribution in [0.15, 0.2) is 59.6 Å². The minimum Gasteiger partial charge on any atom is -0.444 e. The Kier molecular flexibility index (Phi) is 4.93. The van der Waals surface area contributed by atoms with Crippen LogP contribution in [0.1, 0.15) is 41.5 Å². The van der Waals surface area contributed by atoms with Gasteiger partial charge in [0.25, 0.3) is 5.91 Å². The van der Waals surface area contributed by atoms with Crippen LogP contribution >= 0.6 is 0 Å². The fourth-order valence-corrected chi connectivity index (χ4v) is 2.74. The standard InChI is InChI=1S/C20H21N3O2/c1-13(2)18(19-14(3)5-4-10-22-19)23-20(24)16-8-6-15(7-9-16)17-11-21-12-25-17/h4-13,18H,1-3H3,(H,23,24)/t18-/m0/s1. The Balaban J connectivity index is 1.79. The first kappa shape index (κ1) is 16.9. The van der Waals surface area contributed by atoms with Crippen LogP contribution in [0.4, 0.5) is 0 Å². The Labute approximate surface area is 147 Å². The van der Waals surface area contributed by atoms with Crippen LogP contribution in [-0.4, -0.2) is 15.9 Å². The van der Waals surface area contributed by atoms with E-state index in [0.717, 1.165) is 16.8 Å². The average molecular weight is 335 g/mol. The second-order valence-electron chi connectivity index (χ2n) is 6.34. The molecule has 1 aromatic carbocycles. The summed E-state index contributed by atoms with van der Waals surface area (Å²) in [5.41, 5.74) is 3.46. The van der Waals surface area contributed by atoms with E-state index >= 15 is 0 Å². The summed E-state index contributed by atoms with van der Waals surface area (Å²) in [5, 5.41) is 3.11. The van der Waals surface area contributed by atoms with E-state index in [9.17, 15) is 4.79 Å². The third kappa shape index (κ3) is 3.76. The highest BCUT2D eigenvalue weighted by Crippen LogP contribution is 2.24. The molecule has 1 atom stereocenters. The van der Waals surface area contributed by atoms with E-state index in [-0.39, 0.29) is 17.9 Å². The molecular formula is C20H21N3O2. The lowest BCUT2D eigenvalue weighted by Crippen LogP contribution is -2.32. The topological polar surface area (TPSA) is 68.0 Å². The van der Waals surface area contributed by atoms with Gasteiger partial charge in [-0.1, -0.05) is 32.0 Å². The van der Waals surface area contributed by atoms with Crippen LogP contribution < -0.4 is 5.32 Å². The number of rotatable bonds is 5. The number of aryl methyl sites for hydroxylation is 1. The predicted octanol–water partition coefficient (Wildman–Crippen LogP) is 4.17. The first-order chi connectivity index (χ1) is 12.1. The van der Waals surface area contributed by atoms with Gasteiger partial charge in [-0.15, -0.1) is 0 Å². The molecule has 5 nitrogen and oxygen atoms in total. The van der Waals surface area contributed by atoms with Crippen molar-refractivity contribution in [1.82, 2.24) is 15.3 Å². The number of pyridine rings is 1. The van der Waals surface area contributed by atoms with Gasteiger partial charge >= 0.3 is 0 Å². The maximum Gasteiger partial charge on any atom is 0.251 e. The van der Waals surface area contributed by atoms with Crippen molar-refractivity contribution in [3.63, 3.8) is 0 Å². The number of carbonyl (C=O) groups excluding carboxylic acids is 1. The summed E-state index contributed by atoms with van der Waals surface area (Å²) < 4.78 is 5.27. The molecule has 0 saturated carbocycles. The van der Waals surface area contributed by atoms with Gasteiger partial charge in [0.15, 0.2) is 12.2 Å². The van der Waals surface area contributed by atoms with Gasteiger partial charge in [0.2, 0.25) is 0 Å². The van der Waals surface area contributed by atoms with Crippen molar-refractivity contribution in [2.24, 2.45) is 5.92 Å². The highest BCUT2D eigenvalue weighted by molar-refractivity contribution is 5.94. The Bertz CT molecular complexity index is 840. The summed E-state index contributed by atoms with van der Waals surface area (Å²) in [6.45, 7) is 6.16. The van der Waals surface area contributed by atoms with Gasteiger partial charge in [0.05, 0.1) is 17.9 Å². The van der Waals surface area contributed by atoms with Gasteiger partial charge in [-0.2, -0.15) is 0 Å². The van der Waals surface area contributed by atoms with Crippen molar-refractivity contribution in [2.45, 2.75) is 26.8 Å². The summed E-state index contributed by atoms with van der Waals surface area (Å²) >= 11 is 0. The van der Waals surface area contributed by atoms with E-state index in [1.54, 1.807) is 24.5 Å². The van der Waals surface area contributed by atoms with Crippen LogP contribution in [0.2, 0.25) is 0 Å². The summed E-state index contributed by atoms with van der Waals surface area (Å²) in [6, 6.07) is 11.1. The van der Waals surface area contributed by atoms with Gasteiger partial charge in [0, 0.05) is 17.3 Å². The van der Waals surface area contributed by atoms with Crippen LogP contribution in [0.25, 0.3) is 11.3 Å². The Morgan fingerprint density at radius 3 is 2.52 bits per heavy atom. The van der Waals surface area contributed by atoms with E-state index < -0.39 is 0 Å². The molecule has 0 spiro atoms. The number of amides is 1. The van der Waals surface area contributed by atoms with Crippen LogP contribution in [-0.2, 0) is 0 Å². The maximum absolute atomic E-state index is 12.7. The van der Waals surface area contributed by atoms with E-state index in [2.05, 4.69) is 29.1 Å². The summed E-state index contributed by atoms with van der Waals surface area (Å²) in [7, 11) is 0. The first-order valence-corrected chi connectivity index (χ1v) is 8.27. The zero-order chi connectivity index (χ0) is 17.8. The number of hydrogen-bond donors (Lipinski definition) is 1. The molecule has 0 bridgehead atoms. The molecule has 0 unspecified atom stereocenters. The van der Waals surface area contributed by atoms with Gasteiger partial charge < -0.3 is 9.73 Å². The molecular weight excluding hydrogens is 314 g/mol. The molecule has 0 aliphatic carbocycles. The monoisotopic (exact) mass is 335 g/mol. The van der Waals surface area contributed by atoms with Gasteiger partial charge in [-0.05, 0) is 36.6 Å². The van der Waals surface area contributed by atoms with E-state index in [1.807, 2.05) is 31.2 Å². The summed E-state index contributed by atoms with van der Waals surface area (Å²) in [6.07, 6.45) is 4.79. The quantitative estimate of drug-likeness (QED) is 0.760. The molecule has 0 aliphatic heterocycles. The SMILES string of the molecule is Cc1cccnc1[C@@H](NC(=O)c1ccc(-c2cnco2)cc1)C(C)C. The molecule has 0 saturated heterocycles. The van der Waals surface area contributed by atoms with E-state index in [1.165, 1.54) is 6.39 Å². The van der Waals surface area contributed by atoms with Gasteiger partial charge in [0.1, 0.15) is 0 Å². The number of carbonyl (C=O) groups is 1. The highest BCUT2D eigenvalue weighted by Gasteiger charge is 2.21. The van der Waals surface area contributed by atoms with Crippen molar-refractivity contribution < 1.29 is 9.21 Å². The van der Waals surface area contributed by atoms with Gasteiger partial charge in [-0.3, -0.25) is 9.78 Å². The number of aromatic nitrogens is 2. The normalized spacial score (nSPS) is 12.2. The molecule has 2 heterocycles. The molecule has 0 radical (unpaired) electrons. The van der Waals surface area contributed by atoms with Crippen LogP contribution in [0.5, 0.6) is 0 Å². The smallest absolute Gasteiger partial charge is 0.251 e. The second kappa shape index (κ2) is 7.30. The Morgan fingerprint density at radius 2 is 1.92 bits per heavy atom. The lowest BCUT2D eigenvalue weighted by molar-refractivity contribution is 0.0924. The number of oxazole rings is 1. The fraction of sp³-hybridized carbons (Fsp3) is 0.250. The minimum atomic E-state index is -0.136. The maximum atomic E-state index is 12.7. The average Bonchev–Trinajstić information content (AvgIpc) is 3.15. The molecule has 2 aromatic heterocycles. The third-order valence-electron chi connectivity index (χ3n) is 4.16. The predicted molar refractivity (Wildman–Crippen MR) is 96.0 cm³/mol. The van der Waals surface area contributed by atoms with Gasteiger partial charge in [-0.25, -0.2) is 4.98 Å². The zero-order valence-corrected chi connectivity index (χ0v) is 14.6. The number of nitrogens with zero attached hydrogens (tertiary/aromatic N) is 2. The van der Waals surface area contributed by atoms with Crippen molar-refractivity contribution >= 4 is 5.91 Å². The largest absolute Gasteiger partial charge is 0.444 e. The molecule has 0 aliphatic rings. The Morgan fingerprint density at radius 1 is 1.16 bits per heavy atom. The van der Waals surface area contributed by atoms with Crippen molar-refractivity contribution in [2.75, 3.05) is 0 Å². The third-order valence-corrected chi connectivity index (χ3v) is 4.16. The molecule has 5 heteroatoms. The molecule has 3 aromatic rings. The summed E-state index contributed by atoms with van der Waals surface area (Å²) in [4.78, 5) is 21.0. The zero-order valence-electron chi connectivity index (χ0n) is 14.6. The van der Waals surface area contributed by atoms with Crippen molar-refractivity contribution in [3.05, 3.63) is 72.0 Å². The molecule has 128 valence electrons. The highest BCUT2D eigenvalue weighted by atomic mass is 16.3. The summed E-state index contributed by atoms with van der Waals surface area (Å²) in [5.74, 6) is 0.787. The molecule has 25 heavy (non-hydrogen) atoms. The van der Waals surface area contributed by atoms with E-state index in [0.29, 0.717) is 11.3 Å². The molecule has 3 rings (SSSR count). The first-order valence-electron chi connectivity index (χ1n) is 8.27. The van der Waals surface area contributed by atoms with Crippen LogP contribution in [0, 0.1) is 12.8 Å². The lowest BCUT2D eigenvalue weighted by Gasteiger charge is -2.23. The lowest BCUT2D eigenvalue weighted by atomic mass is 9.96. The number of hydrogen-bond acceptors (Lipinski definition) is 4.